The number of hydrogen-bond acceptors (Lipinski definition) is 3. The fourth-order valence-corrected chi connectivity index (χ4v) is 5.21. The molecule has 3 atom stereocenters. The van der Waals surface area contributed by atoms with E-state index in [4.69, 9.17) is 0 Å². The Morgan fingerprint density at radius 2 is 1.51 bits per heavy atom. The third-order valence-electron chi connectivity index (χ3n) is 7.34. The SMILES string of the molecule is Cc1ccccc1C(=O)N[C@@H]1CCCC[C@H]1NC(=O)[C@H]1CCCN(C(=O)c2ccc(C(F)(F)F)cc2)C1. The van der Waals surface area contributed by atoms with Gasteiger partial charge < -0.3 is 15.5 Å². The summed E-state index contributed by atoms with van der Waals surface area (Å²) in [6.45, 7) is 2.54. The molecule has 3 amide bonds. The number of nitrogens with one attached hydrogen (secondary N) is 2. The van der Waals surface area contributed by atoms with Gasteiger partial charge in [0.2, 0.25) is 5.91 Å². The fraction of sp³-hybridized carbons (Fsp3) is 0.464. The van der Waals surface area contributed by atoms with Gasteiger partial charge in [0.25, 0.3) is 11.8 Å². The Morgan fingerprint density at radius 3 is 2.16 bits per heavy atom. The van der Waals surface area contributed by atoms with E-state index in [-0.39, 0.29) is 41.9 Å². The molecular formula is C28H32F3N3O3. The number of piperidine rings is 1. The molecule has 37 heavy (non-hydrogen) atoms. The molecule has 0 radical (unpaired) electrons. The van der Waals surface area contributed by atoms with Crippen LogP contribution >= 0.6 is 0 Å². The number of alkyl halides is 3. The van der Waals surface area contributed by atoms with Crippen LogP contribution in [-0.2, 0) is 11.0 Å². The lowest BCUT2D eigenvalue weighted by atomic mass is 9.88. The van der Waals surface area contributed by atoms with Crippen LogP contribution in [0.4, 0.5) is 13.2 Å². The number of halogens is 3. The summed E-state index contributed by atoms with van der Waals surface area (Å²) in [4.78, 5) is 40.5. The highest BCUT2D eigenvalue weighted by Crippen LogP contribution is 2.29. The Hall–Kier alpha value is -3.36. The summed E-state index contributed by atoms with van der Waals surface area (Å²) in [5, 5.41) is 6.22. The second kappa shape index (κ2) is 11.4. The molecule has 1 heterocycles. The first-order valence-electron chi connectivity index (χ1n) is 12.8. The normalized spacial score (nSPS) is 22.3. The molecule has 2 aromatic carbocycles. The monoisotopic (exact) mass is 515 g/mol. The Bertz CT molecular complexity index is 1130. The largest absolute Gasteiger partial charge is 0.416 e. The molecule has 2 N–H and O–H groups in total. The van der Waals surface area contributed by atoms with Crippen molar-refractivity contribution >= 4 is 17.7 Å². The number of nitrogens with zero attached hydrogens (tertiary/aromatic N) is 1. The molecule has 1 aliphatic heterocycles. The highest BCUT2D eigenvalue weighted by atomic mass is 19.4. The van der Waals surface area contributed by atoms with Crippen LogP contribution < -0.4 is 10.6 Å². The maximum absolute atomic E-state index is 13.2. The van der Waals surface area contributed by atoms with Gasteiger partial charge in [0.1, 0.15) is 0 Å². The first-order valence-corrected chi connectivity index (χ1v) is 12.8. The Kier molecular flexibility index (Phi) is 8.19. The Labute approximate surface area is 214 Å². The highest BCUT2D eigenvalue weighted by molar-refractivity contribution is 5.96. The van der Waals surface area contributed by atoms with E-state index < -0.39 is 17.7 Å². The van der Waals surface area contributed by atoms with E-state index >= 15 is 0 Å². The van der Waals surface area contributed by atoms with Gasteiger partial charge in [-0.3, -0.25) is 14.4 Å². The van der Waals surface area contributed by atoms with E-state index in [2.05, 4.69) is 10.6 Å². The van der Waals surface area contributed by atoms with Gasteiger partial charge in [-0.05, 0) is 68.5 Å². The molecule has 2 fully saturated rings. The number of rotatable bonds is 5. The summed E-state index contributed by atoms with van der Waals surface area (Å²) in [5.74, 6) is -1.11. The Balaban J connectivity index is 1.37. The van der Waals surface area contributed by atoms with E-state index in [1.165, 1.54) is 17.0 Å². The van der Waals surface area contributed by atoms with Gasteiger partial charge in [-0.1, -0.05) is 31.0 Å². The van der Waals surface area contributed by atoms with Crippen molar-refractivity contribution in [3.05, 3.63) is 70.8 Å². The number of amides is 3. The van der Waals surface area contributed by atoms with Crippen molar-refractivity contribution in [2.75, 3.05) is 13.1 Å². The summed E-state index contributed by atoms with van der Waals surface area (Å²) in [5.41, 5.74) is 0.857. The van der Waals surface area contributed by atoms with Crippen molar-refractivity contribution in [3.63, 3.8) is 0 Å². The molecule has 1 aliphatic carbocycles. The number of likely N-dealkylation sites (tertiary alicyclic amines) is 1. The number of carbonyl (C=O) groups is 3. The molecule has 1 saturated heterocycles. The summed E-state index contributed by atoms with van der Waals surface area (Å²) in [7, 11) is 0. The molecule has 2 aliphatic rings. The molecule has 0 aromatic heterocycles. The minimum Gasteiger partial charge on any atom is -0.351 e. The molecule has 9 heteroatoms. The topological polar surface area (TPSA) is 78.5 Å². The van der Waals surface area contributed by atoms with Crippen LogP contribution in [-0.4, -0.2) is 47.8 Å². The summed E-state index contributed by atoms with van der Waals surface area (Å²) in [6.07, 6.45) is 0.219. The van der Waals surface area contributed by atoms with Crippen LogP contribution in [0.25, 0.3) is 0 Å². The van der Waals surface area contributed by atoms with E-state index in [1.54, 1.807) is 6.07 Å². The third kappa shape index (κ3) is 6.50. The van der Waals surface area contributed by atoms with Gasteiger partial charge in [-0.2, -0.15) is 13.2 Å². The van der Waals surface area contributed by atoms with E-state index in [0.717, 1.165) is 43.4 Å². The summed E-state index contributed by atoms with van der Waals surface area (Å²) < 4.78 is 38.5. The van der Waals surface area contributed by atoms with Crippen LogP contribution in [0.1, 0.15) is 70.4 Å². The van der Waals surface area contributed by atoms with Crippen LogP contribution in [0, 0.1) is 12.8 Å². The smallest absolute Gasteiger partial charge is 0.351 e. The maximum atomic E-state index is 13.2. The minimum absolute atomic E-state index is 0.157. The average Bonchev–Trinajstić information content (AvgIpc) is 2.89. The molecular weight excluding hydrogens is 483 g/mol. The zero-order chi connectivity index (χ0) is 26.6. The van der Waals surface area contributed by atoms with Gasteiger partial charge in [0.05, 0.1) is 11.5 Å². The van der Waals surface area contributed by atoms with Crippen molar-refractivity contribution in [1.82, 2.24) is 15.5 Å². The number of hydrogen-bond donors (Lipinski definition) is 2. The molecule has 1 saturated carbocycles. The average molecular weight is 516 g/mol. The first-order chi connectivity index (χ1) is 17.6. The lowest BCUT2D eigenvalue weighted by Gasteiger charge is -2.36. The predicted octanol–water partition coefficient (Wildman–Crippen LogP) is 4.72. The summed E-state index contributed by atoms with van der Waals surface area (Å²) in [6, 6.07) is 11.1. The van der Waals surface area contributed by atoms with Gasteiger partial charge >= 0.3 is 6.18 Å². The molecule has 2 aromatic rings. The van der Waals surface area contributed by atoms with Crippen LogP contribution in [0.3, 0.4) is 0 Å². The second-order valence-corrected chi connectivity index (χ2v) is 9.96. The van der Waals surface area contributed by atoms with Gasteiger partial charge in [0.15, 0.2) is 0 Å². The third-order valence-corrected chi connectivity index (χ3v) is 7.34. The molecule has 0 unspecified atom stereocenters. The van der Waals surface area contributed by atoms with Gasteiger partial charge in [0, 0.05) is 36.3 Å². The van der Waals surface area contributed by atoms with Crippen LogP contribution in [0.5, 0.6) is 0 Å². The lowest BCUT2D eigenvalue weighted by molar-refractivity contribution is -0.137. The first kappa shape index (κ1) is 26.7. The van der Waals surface area contributed by atoms with Crippen molar-refractivity contribution < 1.29 is 27.6 Å². The quantitative estimate of drug-likeness (QED) is 0.605. The number of aryl methyl sites for hydroxylation is 1. The van der Waals surface area contributed by atoms with E-state index in [9.17, 15) is 27.6 Å². The second-order valence-electron chi connectivity index (χ2n) is 9.96. The lowest BCUT2D eigenvalue weighted by Crippen LogP contribution is -2.55. The zero-order valence-corrected chi connectivity index (χ0v) is 20.8. The molecule has 198 valence electrons. The Morgan fingerprint density at radius 1 is 0.865 bits per heavy atom. The molecule has 6 nitrogen and oxygen atoms in total. The minimum atomic E-state index is -4.47. The number of carbonyl (C=O) groups excluding carboxylic acids is 3. The zero-order valence-electron chi connectivity index (χ0n) is 20.8. The molecule has 0 bridgehead atoms. The summed E-state index contributed by atoms with van der Waals surface area (Å²) >= 11 is 0. The van der Waals surface area contributed by atoms with Gasteiger partial charge in [-0.15, -0.1) is 0 Å². The van der Waals surface area contributed by atoms with Crippen LogP contribution in [0.15, 0.2) is 48.5 Å². The van der Waals surface area contributed by atoms with Gasteiger partial charge in [-0.25, -0.2) is 0 Å². The highest BCUT2D eigenvalue weighted by Gasteiger charge is 2.34. The fourth-order valence-electron chi connectivity index (χ4n) is 5.21. The standard InChI is InChI=1S/C28H32F3N3O3/c1-18-7-2-3-9-22(18)26(36)33-24-11-5-4-10-23(24)32-25(35)20-8-6-16-34(17-20)27(37)19-12-14-21(15-13-19)28(29,30)31/h2-3,7,9,12-15,20,23-24H,4-6,8,10-11,16-17H2,1H3,(H,32,35)(H,33,36)/t20-,23+,24+/m0/s1. The van der Waals surface area contributed by atoms with E-state index in [1.807, 2.05) is 25.1 Å². The predicted molar refractivity (Wildman–Crippen MR) is 133 cm³/mol. The van der Waals surface area contributed by atoms with Crippen molar-refractivity contribution in [3.8, 4) is 0 Å². The van der Waals surface area contributed by atoms with Crippen molar-refractivity contribution in [2.45, 2.75) is 63.7 Å². The number of benzene rings is 2. The van der Waals surface area contributed by atoms with Crippen molar-refractivity contribution in [2.24, 2.45) is 5.92 Å². The van der Waals surface area contributed by atoms with Crippen LogP contribution in [0.2, 0.25) is 0 Å². The van der Waals surface area contributed by atoms with Crippen molar-refractivity contribution in [1.29, 1.82) is 0 Å². The van der Waals surface area contributed by atoms with E-state index in [0.29, 0.717) is 24.9 Å². The molecule has 0 spiro atoms. The maximum Gasteiger partial charge on any atom is 0.416 e. The molecule has 4 rings (SSSR count).